The van der Waals surface area contributed by atoms with Gasteiger partial charge < -0.3 is 16.6 Å². The number of anilines is 1. The van der Waals surface area contributed by atoms with Gasteiger partial charge >= 0.3 is 0 Å². The number of nitrogens with zero attached hydrogens (tertiary/aromatic N) is 1. The maximum absolute atomic E-state index is 11.2. The molecule has 6 N–H and O–H groups in total. The molecule has 0 aromatic carbocycles. The number of nitrogens with one attached hydrogen (secondary N) is 1. The van der Waals surface area contributed by atoms with Crippen LogP contribution in [0.3, 0.4) is 0 Å². The number of aromatic amines is 1. The number of H-pyrrole nitrogens is 1. The summed E-state index contributed by atoms with van der Waals surface area (Å²) >= 11 is 1.01. The van der Waals surface area contributed by atoms with E-state index in [2.05, 4.69) is 9.37 Å². The summed E-state index contributed by atoms with van der Waals surface area (Å²) in [5.74, 6) is 0.0616. The van der Waals surface area contributed by atoms with Crippen LogP contribution < -0.4 is 17.0 Å². The second kappa shape index (κ2) is 4.25. The molecular formula is C7H12N4O2S. The van der Waals surface area contributed by atoms with Crippen molar-refractivity contribution in [3.05, 3.63) is 15.9 Å². The number of amidine groups is 1. The van der Waals surface area contributed by atoms with Crippen molar-refractivity contribution in [3.63, 3.8) is 0 Å². The largest absolute Gasteiger partial charge is 0.394 e. The van der Waals surface area contributed by atoms with E-state index in [0.717, 1.165) is 11.5 Å². The Morgan fingerprint density at radius 1 is 1.79 bits per heavy atom. The van der Waals surface area contributed by atoms with Crippen LogP contribution in [0, 0.1) is 0 Å². The fourth-order valence-corrected chi connectivity index (χ4v) is 1.50. The topological polar surface area (TPSA) is 117 Å². The summed E-state index contributed by atoms with van der Waals surface area (Å²) < 4.78 is 2.45. The van der Waals surface area contributed by atoms with Gasteiger partial charge in [-0.3, -0.25) is 14.2 Å². The molecule has 1 atom stereocenters. The van der Waals surface area contributed by atoms with Crippen molar-refractivity contribution in [1.82, 2.24) is 4.37 Å². The molecule has 0 fully saturated rings. The molecule has 0 aliphatic heterocycles. The highest BCUT2D eigenvalue weighted by Gasteiger charge is 2.12. The molecule has 1 aromatic heterocycles. The second-order valence-corrected chi connectivity index (χ2v) is 3.67. The van der Waals surface area contributed by atoms with Crippen molar-refractivity contribution >= 4 is 22.4 Å². The van der Waals surface area contributed by atoms with Crippen LogP contribution in [0.2, 0.25) is 0 Å². The average molecular weight is 216 g/mol. The number of hydrogen-bond donors (Lipinski definition) is 4. The first kappa shape index (κ1) is 10.7. The first-order valence-electron chi connectivity index (χ1n) is 3.97. The minimum Gasteiger partial charge on any atom is -0.394 e. The summed E-state index contributed by atoms with van der Waals surface area (Å²) in [6.07, 6.45) is 0. The Morgan fingerprint density at radius 3 is 2.86 bits per heavy atom. The molecular weight excluding hydrogens is 204 g/mol. The molecule has 0 aliphatic rings. The van der Waals surface area contributed by atoms with Crippen LogP contribution in [0.15, 0.2) is 9.79 Å². The van der Waals surface area contributed by atoms with Crippen molar-refractivity contribution < 1.29 is 5.11 Å². The summed E-state index contributed by atoms with van der Waals surface area (Å²) in [5.41, 5.74) is 10.9. The van der Waals surface area contributed by atoms with Crippen molar-refractivity contribution in [3.8, 4) is 0 Å². The van der Waals surface area contributed by atoms with Crippen LogP contribution in [0.1, 0.15) is 12.5 Å². The predicted octanol–water partition coefficient (Wildman–Crippen LogP) is -0.895. The quantitative estimate of drug-likeness (QED) is 0.387. The van der Waals surface area contributed by atoms with E-state index in [0.29, 0.717) is 5.00 Å². The Hall–Kier alpha value is -1.34. The van der Waals surface area contributed by atoms with Crippen molar-refractivity contribution in [2.45, 2.75) is 13.0 Å². The summed E-state index contributed by atoms with van der Waals surface area (Å²) in [6.45, 7) is 1.56. The highest BCUT2D eigenvalue weighted by Crippen LogP contribution is 2.10. The molecule has 1 heterocycles. The van der Waals surface area contributed by atoms with Crippen molar-refractivity contribution in [1.29, 1.82) is 0 Å². The third-order valence-electron chi connectivity index (χ3n) is 1.61. The molecule has 1 unspecified atom stereocenters. The highest BCUT2D eigenvalue weighted by molar-refractivity contribution is 7.10. The Bertz CT molecular complexity index is 395. The van der Waals surface area contributed by atoms with Gasteiger partial charge in [0.25, 0.3) is 5.56 Å². The number of nitrogen functional groups attached to an aromatic ring is 1. The van der Waals surface area contributed by atoms with Gasteiger partial charge in [-0.25, -0.2) is 0 Å². The molecule has 0 saturated carbocycles. The second-order valence-electron chi connectivity index (χ2n) is 2.82. The molecule has 6 nitrogen and oxygen atoms in total. The molecule has 1 aromatic rings. The lowest BCUT2D eigenvalue weighted by atomic mass is 10.3. The fourth-order valence-electron chi connectivity index (χ4n) is 0.901. The molecule has 7 heteroatoms. The Kier molecular flexibility index (Phi) is 3.26. The van der Waals surface area contributed by atoms with E-state index in [1.54, 1.807) is 6.92 Å². The summed E-state index contributed by atoms with van der Waals surface area (Å²) in [6, 6.07) is -0.339. The summed E-state index contributed by atoms with van der Waals surface area (Å²) in [5, 5.41) is 9.05. The normalized spacial score (nSPS) is 14.3. The number of nitrogens with two attached hydrogens (primary N) is 2. The third-order valence-corrected chi connectivity index (χ3v) is 2.32. The molecule has 1 rings (SSSR count). The number of aliphatic hydroxyl groups excluding tert-OH is 1. The van der Waals surface area contributed by atoms with Gasteiger partial charge in [-0.05, 0) is 18.5 Å². The van der Waals surface area contributed by atoms with Crippen LogP contribution in [0.5, 0.6) is 0 Å². The predicted molar refractivity (Wildman–Crippen MR) is 56.6 cm³/mol. The smallest absolute Gasteiger partial charge is 0.271 e. The van der Waals surface area contributed by atoms with Crippen LogP contribution in [-0.4, -0.2) is 28.0 Å². The van der Waals surface area contributed by atoms with Gasteiger partial charge in [-0.2, -0.15) is 0 Å². The van der Waals surface area contributed by atoms with Crippen molar-refractivity contribution in [2.24, 2.45) is 10.7 Å². The fraction of sp³-hybridized carbons (Fsp3) is 0.429. The zero-order chi connectivity index (χ0) is 10.7. The average Bonchev–Trinajstić information content (AvgIpc) is 2.46. The molecule has 0 radical (unpaired) electrons. The summed E-state index contributed by atoms with van der Waals surface area (Å²) in [4.78, 5) is 15.1. The van der Waals surface area contributed by atoms with E-state index in [9.17, 15) is 4.79 Å². The molecule has 78 valence electrons. The van der Waals surface area contributed by atoms with Crippen LogP contribution in [0.25, 0.3) is 0 Å². The van der Waals surface area contributed by atoms with Crippen LogP contribution in [-0.2, 0) is 0 Å². The van der Waals surface area contributed by atoms with Gasteiger partial charge in [0.2, 0.25) is 0 Å². The van der Waals surface area contributed by atoms with E-state index in [-0.39, 0.29) is 29.6 Å². The zero-order valence-corrected chi connectivity index (χ0v) is 8.47. The number of hydrogen-bond acceptors (Lipinski definition) is 5. The molecule has 0 spiro atoms. The van der Waals surface area contributed by atoms with E-state index < -0.39 is 0 Å². The maximum atomic E-state index is 11.2. The Balaban J connectivity index is 3.06. The molecule has 0 amide bonds. The lowest BCUT2D eigenvalue weighted by Crippen LogP contribution is -2.24. The number of rotatable bonds is 3. The van der Waals surface area contributed by atoms with Gasteiger partial charge in [0, 0.05) is 0 Å². The molecule has 14 heavy (non-hydrogen) atoms. The van der Waals surface area contributed by atoms with Crippen LogP contribution >= 0.6 is 11.5 Å². The van der Waals surface area contributed by atoms with Gasteiger partial charge in [-0.15, -0.1) is 0 Å². The maximum Gasteiger partial charge on any atom is 0.271 e. The van der Waals surface area contributed by atoms with E-state index in [1.165, 1.54) is 0 Å². The highest BCUT2D eigenvalue weighted by atomic mass is 32.1. The summed E-state index contributed by atoms with van der Waals surface area (Å²) in [7, 11) is 0. The molecule has 0 bridgehead atoms. The van der Waals surface area contributed by atoms with Gasteiger partial charge in [-0.1, -0.05) is 0 Å². The first-order valence-corrected chi connectivity index (χ1v) is 4.79. The van der Waals surface area contributed by atoms with Gasteiger partial charge in [0.15, 0.2) is 0 Å². The Labute approximate surface area is 84.4 Å². The number of aliphatic imine (C=N–C) groups is 1. The lowest BCUT2D eigenvalue weighted by molar-refractivity contribution is 0.274. The SMILES string of the molecule is CC(CO)N=C(N)c1c(N)s[nH]c1=O. The Morgan fingerprint density at radius 2 is 2.43 bits per heavy atom. The number of aliphatic hydroxyl groups is 1. The van der Waals surface area contributed by atoms with E-state index in [1.807, 2.05) is 0 Å². The standard InChI is InChI=1S/C7H12N4O2S/c1-3(2-12)10-5(8)4-6(9)14-11-7(4)13/h3,12H,2,9H2,1H3,(H2,8,10)(H,11,13). The van der Waals surface area contributed by atoms with Gasteiger partial charge in [0.1, 0.15) is 16.4 Å². The monoisotopic (exact) mass is 216 g/mol. The number of aromatic nitrogens is 1. The van der Waals surface area contributed by atoms with Crippen molar-refractivity contribution in [2.75, 3.05) is 12.3 Å². The van der Waals surface area contributed by atoms with E-state index in [4.69, 9.17) is 16.6 Å². The van der Waals surface area contributed by atoms with E-state index >= 15 is 0 Å². The lowest BCUT2D eigenvalue weighted by Gasteiger charge is -2.02. The zero-order valence-electron chi connectivity index (χ0n) is 7.65. The molecule has 0 saturated heterocycles. The third kappa shape index (κ3) is 2.12. The first-order chi connectivity index (χ1) is 6.56. The van der Waals surface area contributed by atoms with Crippen LogP contribution in [0.4, 0.5) is 5.00 Å². The van der Waals surface area contributed by atoms with Gasteiger partial charge in [0.05, 0.1) is 12.6 Å². The minimum absolute atomic E-state index is 0.0616. The minimum atomic E-state index is -0.348. The molecule has 0 aliphatic carbocycles.